The number of hydrogen-bond acceptors (Lipinski definition) is 3. The second-order valence-electron chi connectivity index (χ2n) is 5.19. The molecule has 0 amide bonds. The molecule has 0 spiro atoms. The highest BCUT2D eigenvalue weighted by Gasteiger charge is 2.23. The summed E-state index contributed by atoms with van der Waals surface area (Å²) in [6.45, 7) is 6.14. The molecule has 0 aliphatic carbocycles. The van der Waals surface area contributed by atoms with Gasteiger partial charge in [-0.15, -0.1) is 0 Å². The van der Waals surface area contributed by atoms with Crippen LogP contribution in [-0.4, -0.2) is 15.8 Å². The molecule has 0 atom stereocenters. The van der Waals surface area contributed by atoms with Gasteiger partial charge >= 0.3 is 0 Å². The number of rotatable bonds is 2. The maximum atomic E-state index is 12.4. The van der Waals surface area contributed by atoms with Crippen LogP contribution in [0.15, 0.2) is 42.7 Å². The number of aromatic nitrogens is 2. The first kappa shape index (κ1) is 12.4. The molecule has 0 unspecified atom stereocenters. The average Bonchev–Trinajstić information content (AvgIpc) is 2.38. The highest BCUT2D eigenvalue weighted by molar-refractivity contribution is 6.08. The number of carbonyl (C=O) groups excluding carboxylic acids is 1. The van der Waals surface area contributed by atoms with Crippen LogP contribution in [0.5, 0.6) is 0 Å². The first-order chi connectivity index (χ1) is 8.50. The lowest BCUT2D eigenvalue weighted by Gasteiger charge is -2.20. The molecular weight excluding hydrogens is 224 g/mol. The van der Waals surface area contributed by atoms with Gasteiger partial charge < -0.3 is 0 Å². The van der Waals surface area contributed by atoms with Crippen molar-refractivity contribution in [1.29, 1.82) is 0 Å². The van der Waals surface area contributed by atoms with Gasteiger partial charge in [0, 0.05) is 23.4 Å². The third-order valence-corrected chi connectivity index (χ3v) is 2.66. The minimum absolute atomic E-state index is 0.0753. The zero-order valence-corrected chi connectivity index (χ0v) is 10.8. The maximum absolute atomic E-state index is 12.4. The molecule has 2 aromatic rings. The van der Waals surface area contributed by atoms with E-state index in [1.807, 2.05) is 32.9 Å². The monoisotopic (exact) mass is 240 g/mol. The molecule has 0 radical (unpaired) electrons. The molecule has 3 heteroatoms. The second kappa shape index (κ2) is 4.69. The van der Waals surface area contributed by atoms with E-state index in [9.17, 15) is 4.79 Å². The Morgan fingerprint density at radius 2 is 1.72 bits per heavy atom. The molecule has 0 saturated heterocycles. The Hall–Kier alpha value is -2.03. The van der Waals surface area contributed by atoms with Gasteiger partial charge in [-0.2, -0.15) is 0 Å². The molecule has 92 valence electrons. The standard InChI is InChI=1S/C15H16N2O/c1-15(2,3)14-11(7-6-10-17-14)13(18)12-8-4-5-9-16-12/h4-10H,1-3H3. The Bertz CT molecular complexity index is 556. The Kier molecular flexibility index (Phi) is 3.24. The van der Waals surface area contributed by atoms with Crippen molar-refractivity contribution in [2.75, 3.05) is 0 Å². The van der Waals surface area contributed by atoms with Gasteiger partial charge in [0.25, 0.3) is 0 Å². The molecule has 0 bridgehead atoms. The van der Waals surface area contributed by atoms with Crippen LogP contribution in [0, 0.1) is 0 Å². The van der Waals surface area contributed by atoms with Gasteiger partial charge in [0.05, 0.1) is 5.69 Å². The summed E-state index contributed by atoms with van der Waals surface area (Å²) in [6, 6.07) is 8.93. The maximum Gasteiger partial charge on any atom is 0.213 e. The number of carbonyl (C=O) groups is 1. The fourth-order valence-electron chi connectivity index (χ4n) is 1.82. The molecule has 0 aliphatic heterocycles. The van der Waals surface area contributed by atoms with Crippen LogP contribution < -0.4 is 0 Å². The van der Waals surface area contributed by atoms with E-state index in [4.69, 9.17) is 0 Å². The van der Waals surface area contributed by atoms with E-state index in [1.54, 1.807) is 30.6 Å². The van der Waals surface area contributed by atoms with Gasteiger partial charge in [-0.25, -0.2) is 0 Å². The highest BCUT2D eigenvalue weighted by Crippen LogP contribution is 2.24. The molecule has 0 fully saturated rings. The highest BCUT2D eigenvalue weighted by atomic mass is 16.1. The number of hydrogen-bond donors (Lipinski definition) is 0. The zero-order valence-electron chi connectivity index (χ0n) is 10.8. The Morgan fingerprint density at radius 3 is 2.33 bits per heavy atom. The molecule has 0 N–H and O–H groups in total. The third-order valence-electron chi connectivity index (χ3n) is 2.66. The van der Waals surface area contributed by atoms with Crippen molar-refractivity contribution < 1.29 is 4.79 Å². The second-order valence-corrected chi connectivity index (χ2v) is 5.19. The Morgan fingerprint density at radius 1 is 1.00 bits per heavy atom. The summed E-state index contributed by atoms with van der Waals surface area (Å²) in [5.74, 6) is -0.0753. The molecule has 0 aliphatic rings. The molecule has 0 aromatic carbocycles. The van der Waals surface area contributed by atoms with Crippen molar-refractivity contribution in [1.82, 2.24) is 9.97 Å². The fourth-order valence-corrected chi connectivity index (χ4v) is 1.82. The average molecular weight is 240 g/mol. The van der Waals surface area contributed by atoms with E-state index < -0.39 is 0 Å². The van der Waals surface area contributed by atoms with Crippen molar-refractivity contribution in [2.45, 2.75) is 26.2 Å². The number of ketones is 1. The topological polar surface area (TPSA) is 42.9 Å². The van der Waals surface area contributed by atoms with Gasteiger partial charge in [-0.1, -0.05) is 26.8 Å². The van der Waals surface area contributed by atoms with E-state index in [2.05, 4.69) is 9.97 Å². The SMILES string of the molecule is CC(C)(C)c1ncccc1C(=O)c1ccccn1. The van der Waals surface area contributed by atoms with E-state index in [0.717, 1.165) is 5.69 Å². The normalized spacial score (nSPS) is 11.3. The summed E-state index contributed by atoms with van der Waals surface area (Å²) >= 11 is 0. The van der Waals surface area contributed by atoms with Crippen molar-refractivity contribution in [3.63, 3.8) is 0 Å². The Balaban J connectivity index is 2.50. The number of pyridine rings is 2. The Labute approximate surface area is 107 Å². The lowest BCUT2D eigenvalue weighted by Crippen LogP contribution is -2.19. The van der Waals surface area contributed by atoms with Crippen molar-refractivity contribution in [3.05, 3.63) is 59.7 Å². The summed E-state index contributed by atoms with van der Waals surface area (Å²) in [5, 5.41) is 0. The van der Waals surface area contributed by atoms with E-state index in [1.165, 1.54) is 0 Å². The minimum atomic E-state index is -0.166. The van der Waals surface area contributed by atoms with Crippen molar-refractivity contribution in [3.8, 4) is 0 Å². The molecular formula is C15H16N2O. The third kappa shape index (κ3) is 2.45. The molecule has 18 heavy (non-hydrogen) atoms. The van der Waals surface area contributed by atoms with Crippen LogP contribution in [0.2, 0.25) is 0 Å². The van der Waals surface area contributed by atoms with Gasteiger partial charge in [0.15, 0.2) is 0 Å². The summed E-state index contributed by atoms with van der Waals surface area (Å²) in [4.78, 5) is 20.9. The van der Waals surface area contributed by atoms with E-state index in [0.29, 0.717) is 11.3 Å². The minimum Gasteiger partial charge on any atom is -0.287 e. The summed E-state index contributed by atoms with van der Waals surface area (Å²) < 4.78 is 0. The van der Waals surface area contributed by atoms with E-state index in [-0.39, 0.29) is 11.2 Å². The smallest absolute Gasteiger partial charge is 0.213 e. The van der Waals surface area contributed by atoms with Crippen molar-refractivity contribution >= 4 is 5.78 Å². The molecule has 0 saturated carbocycles. The predicted molar refractivity (Wildman–Crippen MR) is 70.6 cm³/mol. The van der Waals surface area contributed by atoms with Crippen LogP contribution in [0.3, 0.4) is 0 Å². The van der Waals surface area contributed by atoms with Crippen molar-refractivity contribution in [2.24, 2.45) is 0 Å². The molecule has 2 rings (SSSR count). The molecule has 3 nitrogen and oxygen atoms in total. The first-order valence-electron chi connectivity index (χ1n) is 5.91. The molecule has 2 heterocycles. The van der Waals surface area contributed by atoms with Crippen LogP contribution in [0.1, 0.15) is 42.5 Å². The first-order valence-corrected chi connectivity index (χ1v) is 5.91. The lowest BCUT2D eigenvalue weighted by atomic mass is 9.86. The van der Waals surface area contributed by atoms with Gasteiger partial charge in [-0.05, 0) is 24.3 Å². The summed E-state index contributed by atoms with van der Waals surface area (Å²) in [5.41, 5.74) is 1.72. The zero-order chi connectivity index (χ0) is 13.2. The van der Waals surface area contributed by atoms with E-state index >= 15 is 0 Å². The fraction of sp³-hybridized carbons (Fsp3) is 0.267. The van der Waals surface area contributed by atoms with Crippen LogP contribution in [-0.2, 0) is 5.41 Å². The quantitative estimate of drug-likeness (QED) is 0.758. The summed E-state index contributed by atoms with van der Waals surface area (Å²) in [7, 11) is 0. The van der Waals surface area contributed by atoms with Crippen LogP contribution >= 0.6 is 0 Å². The number of nitrogens with zero attached hydrogens (tertiary/aromatic N) is 2. The largest absolute Gasteiger partial charge is 0.287 e. The van der Waals surface area contributed by atoms with Gasteiger partial charge in [-0.3, -0.25) is 14.8 Å². The summed E-state index contributed by atoms with van der Waals surface area (Å²) in [6.07, 6.45) is 3.34. The molecule has 2 aromatic heterocycles. The van der Waals surface area contributed by atoms with Crippen LogP contribution in [0.4, 0.5) is 0 Å². The van der Waals surface area contributed by atoms with Gasteiger partial charge in [0.1, 0.15) is 5.69 Å². The lowest BCUT2D eigenvalue weighted by molar-refractivity contribution is 0.103. The van der Waals surface area contributed by atoms with Crippen LogP contribution in [0.25, 0.3) is 0 Å². The predicted octanol–water partition coefficient (Wildman–Crippen LogP) is 3.01. The van der Waals surface area contributed by atoms with Gasteiger partial charge in [0.2, 0.25) is 5.78 Å².